The number of rotatable bonds is 6. The maximum absolute atomic E-state index is 14.9. The third kappa shape index (κ3) is 3.82. The van der Waals surface area contributed by atoms with Gasteiger partial charge in [0.1, 0.15) is 23.5 Å². The minimum atomic E-state index is -2.96. The number of halogens is 3. The van der Waals surface area contributed by atoms with E-state index in [9.17, 15) is 13.2 Å². The summed E-state index contributed by atoms with van der Waals surface area (Å²) in [5.41, 5.74) is 9.29. The van der Waals surface area contributed by atoms with Crippen molar-refractivity contribution in [1.29, 1.82) is 0 Å². The van der Waals surface area contributed by atoms with Crippen LogP contribution in [0, 0.1) is 6.92 Å². The molecule has 190 valence electrons. The first kappa shape index (κ1) is 23.0. The van der Waals surface area contributed by atoms with Gasteiger partial charge in [-0.1, -0.05) is 0 Å². The zero-order valence-electron chi connectivity index (χ0n) is 19.7. The van der Waals surface area contributed by atoms with Crippen LogP contribution in [0.1, 0.15) is 12.2 Å². The minimum Gasteiger partial charge on any atom is -0.382 e. The number of aromatic nitrogens is 6. The number of fused-ring (bicyclic) bond motifs is 2. The van der Waals surface area contributed by atoms with Gasteiger partial charge in [0.15, 0.2) is 11.5 Å². The predicted octanol–water partition coefficient (Wildman–Crippen LogP) is 2.52. The number of piperidine rings is 1. The van der Waals surface area contributed by atoms with Crippen LogP contribution in [-0.2, 0) is 11.3 Å². The van der Waals surface area contributed by atoms with Crippen LogP contribution in [0.15, 0.2) is 24.4 Å². The smallest absolute Gasteiger partial charge is 0.280 e. The van der Waals surface area contributed by atoms with Gasteiger partial charge >= 0.3 is 0 Å². The van der Waals surface area contributed by atoms with Gasteiger partial charge in [-0.15, -0.1) is 5.10 Å². The Hall–Kier alpha value is -3.45. The predicted molar refractivity (Wildman–Crippen MR) is 128 cm³/mol. The Morgan fingerprint density at radius 3 is 2.75 bits per heavy atom. The highest BCUT2D eigenvalue weighted by atomic mass is 19.3. The average molecular weight is 502 g/mol. The monoisotopic (exact) mass is 501 g/mol. The number of ether oxygens (including phenoxy) is 1. The van der Waals surface area contributed by atoms with Crippen molar-refractivity contribution in [3.8, 4) is 11.3 Å². The van der Waals surface area contributed by atoms with E-state index in [1.807, 2.05) is 6.07 Å². The number of likely N-dealkylation sites (tertiary alicyclic amines) is 1. The van der Waals surface area contributed by atoms with Gasteiger partial charge in [0, 0.05) is 18.3 Å². The van der Waals surface area contributed by atoms with Crippen molar-refractivity contribution < 1.29 is 17.9 Å². The summed E-state index contributed by atoms with van der Waals surface area (Å²) in [5.74, 6) is -2.11. The zero-order valence-corrected chi connectivity index (χ0v) is 19.7. The maximum atomic E-state index is 14.9. The number of pyridine rings is 1. The number of alkyl halides is 3. The van der Waals surface area contributed by atoms with Crippen LogP contribution in [0.4, 0.5) is 24.9 Å². The lowest BCUT2D eigenvalue weighted by Gasteiger charge is -2.44. The van der Waals surface area contributed by atoms with Crippen molar-refractivity contribution in [2.75, 3.05) is 44.0 Å². The molecule has 4 aromatic rings. The standard InChI is InChI=1S/C23H26F3N9O/c1-13-28-17-3-2-16(29-21(17)34(13)9-6-24)15-4-8-35-19(15)20(27)31-22(32-35)30-18-5-7-33(12-23(18,25)26)14-10-36-11-14/h2-4,8,14,18H,5-7,9-12H2,1H3,(H3,27,30,31,32). The molecule has 36 heavy (non-hydrogen) atoms. The summed E-state index contributed by atoms with van der Waals surface area (Å²) in [6.07, 6.45) is 1.93. The number of nitrogens with one attached hydrogen (secondary N) is 1. The Balaban J connectivity index is 1.28. The van der Waals surface area contributed by atoms with Gasteiger partial charge in [-0.3, -0.25) is 4.90 Å². The molecule has 1 atom stereocenters. The molecule has 0 spiro atoms. The Morgan fingerprint density at radius 1 is 1.19 bits per heavy atom. The van der Waals surface area contributed by atoms with Gasteiger partial charge in [0.05, 0.1) is 44.1 Å². The second kappa shape index (κ2) is 8.59. The quantitative estimate of drug-likeness (QED) is 0.415. The molecule has 0 saturated carbocycles. The molecule has 10 nitrogen and oxygen atoms in total. The fraction of sp³-hybridized carbons (Fsp3) is 0.478. The highest BCUT2D eigenvalue weighted by Gasteiger charge is 2.47. The van der Waals surface area contributed by atoms with Crippen molar-refractivity contribution in [3.05, 3.63) is 30.2 Å². The molecule has 2 aliphatic heterocycles. The number of nitrogens with zero attached hydrogens (tertiary/aromatic N) is 7. The van der Waals surface area contributed by atoms with Crippen LogP contribution < -0.4 is 11.1 Å². The molecular formula is C23H26F3N9O. The van der Waals surface area contributed by atoms with Crippen molar-refractivity contribution in [2.45, 2.75) is 37.9 Å². The van der Waals surface area contributed by atoms with E-state index >= 15 is 0 Å². The van der Waals surface area contributed by atoms with E-state index in [2.05, 4.69) is 20.4 Å². The van der Waals surface area contributed by atoms with Gasteiger partial charge in [-0.25, -0.2) is 27.7 Å². The fourth-order valence-electron chi connectivity index (χ4n) is 4.98. The van der Waals surface area contributed by atoms with E-state index in [0.717, 1.165) is 0 Å². The molecule has 13 heteroatoms. The van der Waals surface area contributed by atoms with Gasteiger partial charge in [0.25, 0.3) is 5.92 Å². The third-order valence-electron chi connectivity index (χ3n) is 6.97. The minimum absolute atomic E-state index is 0.0345. The van der Waals surface area contributed by atoms with Gasteiger partial charge < -0.3 is 20.4 Å². The molecule has 2 aliphatic rings. The number of nitrogen functional groups attached to an aromatic ring is 1. The number of hydrogen-bond donors (Lipinski definition) is 2. The van der Waals surface area contributed by atoms with Crippen LogP contribution >= 0.6 is 0 Å². The Morgan fingerprint density at radius 2 is 2.03 bits per heavy atom. The van der Waals surface area contributed by atoms with Gasteiger partial charge in [0.2, 0.25) is 5.95 Å². The van der Waals surface area contributed by atoms with Crippen molar-refractivity contribution in [2.24, 2.45) is 0 Å². The molecule has 0 radical (unpaired) electrons. The molecule has 0 aromatic carbocycles. The Labute approximate surface area is 204 Å². The lowest BCUT2D eigenvalue weighted by Crippen LogP contribution is -2.61. The summed E-state index contributed by atoms with van der Waals surface area (Å²) >= 11 is 0. The molecule has 2 saturated heterocycles. The first-order valence-corrected chi connectivity index (χ1v) is 11.9. The largest absolute Gasteiger partial charge is 0.382 e. The molecule has 0 amide bonds. The first-order chi connectivity index (χ1) is 17.3. The highest BCUT2D eigenvalue weighted by Crippen LogP contribution is 2.33. The van der Waals surface area contributed by atoms with Crippen LogP contribution in [-0.4, -0.2) is 85.0 Å². The van der Waals surface area contributed by atoms with Crippen molar-refractivity contribution in [3.63, 3.8) is 0 Å². The summed E-state index contributed by atoms with van der Waals surface area (Å²) in [6.45, 7) is 2.64. The molecule has 4 aromatic heterocycles. The van der Waals surface area contributed by atoms with Crippen LogP contribution in [0.3, 0.4) is 0 Å². The SMILES string of the molecule is Cc1nc2ccc(-c3ccn4nc(NC5CCN(C6COC6)CC5(F)F)nc(N)c34)nc2n1CCF. The molecule has 3 N–H and O–H groups in total. The third-order valence-corrected chi connectivity index (χ3v) is 6.97. The van der Waals surface area contributed by atoms with E-state index in [4.69, 9.17) is 15.5 Å². The second-order valence-corrected chi connectivity index (χ2v) is 9.29. The topological polar surface area (TPSA) is 111 Å². The maximum Gasteiger partial charge on any atom is 0.280 e. The number of nitrogens with two attached hydrogens (primary N) is 1. The van der Waals surface area contributed by atoms with Gasteiger partial charge in [-0.05, 0) is 31.5 Å². The van der Waals surface area contributed by atoms with E-state index in [1.165, 1.54) is 4.52 Å². The molecular weight excluding hydrogens is 475 g/mol. The summed E-state index contributed by atoms with van der Waals surface area (Å²) in [5, 5.41) is 7.19. The fourth-order valence-corrected chi connectivity index (χ4v) is 4.98. The van der Waals surface area contributed by atoms with Crippen molar-refractivity contribution in [1.82, 2.24) is 34.0 Å². The molecule has 1 unspecified atom stereocenters. The molecule has 0 bridgehead atoms. The molecule has 6 heterocycles. The number of aryl methyl sites for hydroxylation is 2. The molecule has 6 rings (SSSR count). The van der Waals surface area contributed by atoms with Crippen molar-refractivity contribution >= 4 is 28.4 Å². The Bertz CT molecular complexity index is 1430. The second-order valence-electron chi connectivity index (χ2n) is 9.29. The normalized spacial score (nSPS) is 20.7. The van der Waals surface area contributed by atoms with E-state index in [0.29, 0.717) is 53.5 Å². The Kier molecular flexibility index (Phi) is 5.48. The summed E-state index contributed by atoms with van der Waals surface area (Å²) in [7, 11) is 0. The lowest BCUT2D eigenvalue weighted by atomic mass is 9.98. The summed E-state index contributed by atoms with van der Waals surface area (Å²) in [4.78, 5) is 15.2. The summed E-state index contributed by atoms with van der Waals surface area (Å²) < 4.78 is 51.2. The van der Waals surface area contributed by atoms with Crippen LogP contribution in [0.25, 0.3) is 27.9 Å². The number of imidazole rings is 1. The van der Waals surface area contributed by atoms with E-state index in [1.54, 1.807) is 34.7 Å². The number of anilines is 2. The molecule has 0 aliphatic carbocycles. The average Bonchev–Trinajstić information content (AvgIpc) is 3.35. The van der Waals surface area contributed by atoms with E-state index in [-0.39, 0.29) is 37.3 Å². The lowest BCUT2D eigenvalue weighted by molar-refractivity contribution is -0.131. The number of hydrogen-bond acceptors (Lipinski definition) is 8. The first-order valence-electron chi connectivity index (χ1n) is 11.9. The molecule has 2 fully saturated rings. The zero-order chi connectivity index (χ0) is 25.0. The van der Waals surface area contributed by atoms with E-state index < -0.39 is 18.6 Å². The summed E-state index contributed by atoms with van der Waals surface area (Å²) in [6, 6.07) is 4.36. The van der Waals surface area contributed by atoms with Gasteiger partial charge in [-0.2, -0.15) is 4.98 Å². The highest BCUT2D eigenvalue weighted by molar-refractivity contribution is 5.88. The van der Waals surface area contributed by atoms with Crippen LogP contribution in [0.5, 0.6) is 0 Å². The van der Waals surface area contributed by atoms with Crippen LogP contribution in [0.2, 0.25) is 0 Å².